The summed E-state index contributed by atoms with van der Waals surface area (Å²) in [6, 6.07) is 0. The number of carbonyl (C=O) groups is 3. The normalized spacial score (nSPS) is 22.1. The second-order valence-corrected chi connectivity index (χ2v) is 7.36. The first kappa shape index (κ1) is 23.4. The van der Waals surface area contributed by atoms with Crippen molar-refractivity contribution >= 4 is 17.9 Å². The first-order valence-electron chi connectivity index (χ1n) is 10.5. The Morgan fingerprint density at radius 3 is 1.07 bits per heavy atom. The Morgan fingerprint density at radius 2 is 0.852 bits per heavy atom. The predicted octanol–water partition coefficient (Wildman–Crippen LogP) is 4.05. The lowest BCUT2D eigenvalue weighted by molar-refractivity contribution is -0.161. The van der Waals surface area contributed by atoms with Gasteiger partial charge in [-0.05, 0) is 38.5 Å². The van der Waals surface area contributed by atoms with Gasteiger partial charge < -0.3 is 14.2 Å². The predicted molar refractivity (Wildman–Crippen MR) is 102 cm³/mol. The van der Waals surface area contributed by atoms with Crippen molar-refractivity contribution in [3.05, 3.63) is 0 Å². The SMILES string of the molecule is CCCCOC(=O)C1CC(C(=O)OCCCC)CC(C(=O)OCCCC)C1. The monoisotopic (exact) mass is 384 g/mol. The number of esters is 3. The molecule has 6 heteroatoms. The van der Waals surface area contributed by atoms with Crippen LogP contribution in [0.4, 0.5) is 0 Å². The van der Waals surface area contributed by atoms with E-state index in [9.17, 15) is 14.4 Å². The molecule has 0 heterocycles. The number of carbonyl (C=O) groups excluding carboxylic acids is 3. The first-order chi connectivity index (χ1) is 13.0. The Morgan fingerprint density at radius 1 is 0.593 bits per heavy atom. The summed E-state index contributed by atoms with van der Waals surface area (Å²) in [6.45, 7) is 7.21. The Balaban J connectivity index is 2.71. The third kappa shape index (κ3) is 8.76. The van der Waals surface area contributed by atoms with Gasteiger partial charge in [0, 0.05) is 0 Å². The summed E-state index contributed by atoms with van der Waals surface area (Å²) in [5.74, 6) is -2.32. The molecule has 1 saturated carbocycles. The summed E-state index contributed by atoms with van der Waals surface area (Å²) in [7, 11) is 0. The number of ether oxygens (including phenoxy) is 3. The summed E-state index contributed by atoms with van der Waals surface area (Å²) >= 11 is 0. The van der Waals surface area contributed by atoms with Gasteiger partial charge in [0.05, 0.1) is 37.6 Å². The molecule has 0 radical (unpaired) electrons. The quantitative estimate of drug-likeness (QED) is 0.287. The molecule has 27 heavy (non-hydrogen) atoms. The van der Waals surface area contributed by atoms with E-state index < -0.39 is 17.8 Å². The molecular weight excluding hydrogens is 348 g/mol. The standard InChI is InChI=1S/C21H36O6/c1-4-7-10-25-19(22)16-13-17(20(23)26-11-8-5-2)15-18(14-16)21(24)27-12-9-6-3/h16-18H,4-15H2,1-3H3. The fraction of sp³-hybridized carbons (Fsp3) is 0.857. The van der Waals surface area contributed by atoms with Crippen LogP contribution in [0.2, 0.25) is 0 Å². The molecule has 6 nitrogen and oxygen atoms in total. The van der Waals surface area contributed by atoms with E-state index in [-0.39, 0.29) is 17.9 Å². The van der Waals surface area contributed by atoms with E-state index in [2.05, 4.69) is 0 Å². The van der Waals surface area contributed by atoms with E-state index in [0.29, 0.717) is 39.1 Å². The van der Waals surface area contributed by atoms with Gasteiger partial charge in [-0.25, -0.2) is 0 Å². The third-order valence-corrected chi connectivity index (χ3v) is 4.93. The number of unbranched alkanes of at least 4 members (excludes halogenated alkanes) is 3. The van der Waals surface area contributed by atoms with Gasteiger partial charge in [0.2, 0.25) is 0 Å². The van der Waals surface area contributed by atoms with Crippen molar-refractivity contribution in [2.45, 2.75) is 78.6 Å². The van der Waals surface area contributed by atoms with Crippen LogP contribution in [0.1, 0.15) is 78.6 Å². The van der Waals surface area contributed by atoms with Gasteiger partial charge in [-0.15, -0.1) is 0 Å². The maximum absolute atomic E-state index is 12.4. The van der Waals surface area contributed by atoms with E-state index in [1.807, 2.05) is 20.8 Å². The minimum absolute atomic E-state index is 0.319. The molecule has 156 valence electrons. The van der Waals surface area contributed by atoms with Gasteiger partial charge in [0.1, 0.15) is 0 Å². The van der Waals surface area contributed by atoms with Crippen molar-refractivity contribution < 1.29 is 28.6 Å². The van der Waals surface area contributed by atoms with Crippen molar-refractivity contribution in [3.8, 4) is 0 Å². The van der Waals surface area contributed by atoms with Crippen LogP contribution in [0.15, 0.2) is 0 Å². The van der Waals surface area contributed by atoms with E-state index in [1.165, 1.54) is 0 Å². The third-order valence-electron chi connectivity index (χ3n) is 4.93. The van der Waals surface area contributed by atoms with Gasteiger partial charge in [0.15, 0.2) is 0 Å². The highest BCUT2D eigenvalue weighted by Crippen LogP contribution is 2.36. The maximum Gasteiger partial charge on any atom is 0.308 e. The van der Waals surface area contributed by atoms with Crippen LogP contribution in [0.25, 0.3) is 0 Å². The second-order valence-electron chi connectivity index (χ2n) is 7.36. The Labute approximate surface area is 163 Å². The average Bonchev–Trinajstić information content (AvgIpc) is 2.67. The fourth-order valence-electron chi connectivity index (χ4n) is 3.20. The molecule has 0 aromatic carbocycles. The molecule has 0 atom stereocenters. The summed E-state index contributed by atoms with van der Waals surface area (Å²) in [4.78, 5) is 37.2. The first-order valence-corrected chi connectivity index (χ1v) is 10.5. The number of hydrogen-bond acceptors (Lipinski definition) is 6. The lowest BCUT2D eigenvalue weighted by Gasteiger charge is -2.31. The molecule has 1 rings (SSSR count). The highest BCUT2D eigenvalue weighted by atomic mass is 16.5. The van der Waals surface area contributed by atoms with Crippen molar-refractivity contribution in [1.82, 2.24) is 0 Å². The van der Waals surface area contributed by atoms with Crippen molar-refractivity contribution in [3.63, 3.8) is 0 Å². The van der Waals surface area contributed by atoms with Crippen molar-refractivity contribution in [1.29, 1.82) is 0 Å². The van der Waals surface area contributed by atoms with E-state index >= 15 is 0 Å². The second kappa shape index (κ2) is 13.6. The van der Waals surface area contributed by atoms with Crippen LogP contribution < -0.4 is 0 Å². The largest absolute Gasteiger partial charge is 0.465 e. The van der Waals surface area contributed by atoms with Gasteiger partial charge in [0.25, 0.3) is 0 Å². The molecular formula is C21H36O6. The van der Waals surface area contributed by atoms with Gasteiger partial charge in [-0.1, -0.05) is 40.0 Å². The zero-order valence-electron chi connectivity index (χ0n) is 17.2. The maximum atomic E-state index is 12.4. The topological polar surface area (TPSA) is 78.9 Å². The van der Waals surface area contributed by atoms with Crippen LogP contribution in [0.3, 0.4) is 0 Å². The Bertz CT molecular complexity index is 389. The van der Waals surface area contributed by atoms with Gasteiger partial charge >= 0.3 is 17.9 Å². The molecule has 0 amide bonds. The lowest BCUT2D eigenvalue weighted by atomic mass is 9.75. The Hall–Kier alpha value is -1.59. The van der Waals surface area contributed by atoms with E-state index in [1.54, 1.807) is 0 Å². The molecule has 0 aliphatic heterocycles. The van der Waals surface area contributed by atoms with Gasteiger partial charge in [-0.3, -0.25) is 14.4 Å². The van der Waals surface area contributed by atoms with Crippen LogP contribution in [0.5, 0.6) is 0 Å². The number of hydrogen-bond donors (Lipinski definition) is 0. The summed E-state index contributed by atoms with van der Waals surface area (Å²) in [5.41, 5.74) is 0. The van der Waals surface area contributed by atoms with Crippen molar-refractivity contribution in [2.75, 3.05) is 19.8 Å². The summed E-state index contributed by atoms with van der Waals surface area (Å²) < 4.78 is 16.0. The molecule has 0 bridgehead atoms. The van der Waals surface area contributed by atoms with Crippen LogP contribution >= 0.6 is 0 Å². The smallest absolute Gasteiger partial charge is 0.308 e. The minimum Gasteiger partial charge on any atom is -0.465 e. The zero-order chi connectivity index (χ0) is 20.1. The van der Waals surface area contributed by atoms with Crippen molar-refractivity contribution in [2.24, 2.45) is 17.8 Å². The molecule has 1 aliphatic rings. The molecule has 0 aromatic rings. The van der Waals surface area contributed by atoms with Crippen LogP contribution in [-0.4, -0.2) is 37.7 Å². The van der Waals surface area contributed by atoms with E-state index in [0.717, 1.165) is 38.5 Å². The highest BCUT2D eigenvalue weighted by Gasteiger charge is 2.41. The van der Waals surface area contributed by atoms with E-state index in [4.69, 9.17) is 14.2 Å². The molecule has 0 saturated heterocycles. The molecule has 1 fully saturated rings. The fourth-order valence-corrected chi connectivity index (χ4v) is 3.20. The van der Waals surface area contributed by atoms with Crippen LogP contribution in [-0.2, 0) is 28.6 Å². The molecule has 0 spiro atoms. The van der Waals surface area contributed by atoms with Gasteiger partial charge in [-0.2, -0.15) is 0 Å². The summed E-state index contributed by atoms with van der Waals surface area (Å²) in [6.07, 6.45) is 6.40. The molecule has 0 aromatic heterocycles. The van der Waals surface area contributed by atoms with Crippen LogP contribution in [0, 0.1) is 17.8 Å². The average molecular weight is 385 g/mol. The summed E-state index contributed by atoms with van der Waals surface area (Å²) in [5, 5.41) is 0. The molecule has 1 aliphatic carbocycles. The molecule has 0 unspecified atom stereocenters. The minimum atomic E-state index is -0.456. The zero-order valence-corrected chi connectivity index (χ0v) is 17.2. The lowest BCUT2D eigenvalue weighted by Crippen LogP contribution is -2.37. The highest BCUT2D eigenvalue weighted by molar-refractivity contribution is 5.80. The number of rotatable bonds is 12. The molecule has 0 N–H and O–H groups in total. The Kier molecular flexibility index (Phi) is 11.8.